The molecule has 1 aliphatic rings. The SMILES string of the molecule is c1cn(CCCNC2CCOC2)nn1. The van der Waals surface area contributed by atoms with Gasteiger partial charge in [-0.25, -0.2) is 0 Å². The molecular formula is C9H16N4O. The summed E-state index contributed by atoms with van der Waals surface area (Å²) < 4.78 is 7.12. The van der Waals surface area contributed by atoms with Gasteiger partial charge in [-0.1, -0.05) is 5.21 Å². The van der Waals surface area contributed by atoms with Crippen LogP contribution in [0.15, 0.2) is 12.4 Å². The number of hydrogen-bond acceptors (Lipinski definition) is 4. The lowest BCUT2D eigenvalue weighted by molar-refractivity contribution is 0.190. The molecule has 2 heterocycles. The molecule has 5 nitrogen and oxygen atoms in total. The molecular weight excluding hydrogens is 180 g/mol. The molecule has 1 aromatic rings. The molecule has 0 aliphatic carbocycles. The Labute approximate surface area is 83.4 Å². The summed E-state index contributed by atoms with van der Waals surface area (Å²) in [5, 5.41) is 11.1. The van der Waals surface area contributed by atoms with Crippen molar-refractivity contribution < 1.29 is 4.74 Å². The summed E-state index contributed by atoms with van der Waals surface area (Å²) >= 11 is 0. The van der Waals surface area contributed by atoms with E-state index in [0.29, 0.717) is 6.04 Å². The van der Waals surface area contributed by atoms with Gasteiger partial charge in [0.1, 0.15) is 0 Å². The molecule has 1 atom stereocenters. The number of ether oxygens (including phenoxy) is 1. The van der Waals surface area contributed by atoms with Crippen molar-refractivity contribution in [3.8, 4) is 0 Å². The summed E-state index contributed by atoms with van der Waals surface area (Å²) in [6.07, 6.45) is 5.82. The molecule has 0 saturated carbocycles. The van der Waals surface area contributed by atoms with E-state index in [2.05, 4.69) is 15.6 Å². The molecule has 0 aromatic carbocycles. The molecule has 2 rings (SSSR count). The van der Waals surface area contributed by atoms with Crippen LogP contribution in [0.2, 0.25) is 0 Å². The van der Waals surface area contributed by atoms with Gasteiger partial charge in [-0.3, -0.25) is 4.68 Å². The monoisotopic (exact) mass is 196 g/mol. The largest absolute Gasteiger partial charge is 0.380 e. The van der Waals surface area contributed by atoms with Crippen LogP contribution in [-0.4, -0.2) is 40.8 Å². The first-order valence-electron chi connectivity index (χ1n) is 5.10. The smallest absolute Gasteiger partial charge is 0.0692 e. The number of hydrogen-bond donors (Lipinski definition) is 1. The highest BCUT2D eigenvalue weighted by Gasteiger charge is 2.13. The van der Waals surface area contributed by atoms with Crippen LogP contribution >= 0.6 is 0 Å². The number of aryl methyl sites for hydroxylation is 1. The van der Waals surface area contributed by atoms with Gasteiger partial charge in [-0.2, -0.15) is 0 Å². The van der Waals surface area contributed by atoms with Crippen LogP contribution in [0.1, 0.15) is 12.8 Å². The highest BCUT2D eigenvalue weighted by atomic mass is 16.5. The summed E-state index contributed by atoms with van der Waals surface area (Å²) in [5.74, 6) is 0. The van der Waals surface area contributed by atoms with Crippen LogP contribution in [0.3, 0.4) is 0 Å². The third-order valence-corrected chi connectivity index (χ3v) is 2.40. The van der Waals surface area contributed by atoms with E-state index in [-0.39, 0.29) is 0 Å². The Morgan fingerprint density at radius 2 is 2.57 bits per heavy atom. The summed E-state index contributed by atoms with van der Waals surface area (Å²) in [6.45, 7) is 3.72. The van der Waals surface area contributed by atoms with Gasteiger partial charge in [-0.15, -0.1) is 5.10 Å². The van der Waals surface area contributed by atoms with Gasteiger partial charge in [-0.05, 0) is 19.4 Å². The topological polar surface area (TPSA) is 52.0 Å². The predicted octanol–water partition coefficient (Wildman–Crippen LogP) is 0.0467. The molecule has 1 aliphatic heterocycles. The van der Waals surface area contributed by atoms with Gasteiger partial charge in [0.2, 0.25) is 0 Å². The van der Waals surface area contributed by atoms with Crippen molar-refractivity contribution in [3.05, 3.63) is 12.4 Å². The van der Waals surface area contributed by atoms with E-state index in [4.69, 9.17) is 4.74 Å². The number of nitrogens with zero attached hydrogens (tertiary/aromatic N) is 3. The highest BCUT2D eigenvalue weighted by Crippen LogP contribution is 2.02. The van der Waals surface area contributed by atoms with E-state index in [1.165, 1.54) is 0 Å². The van der Waals surface area contributed by atoms with E-state index in [1.807, 2.05) is 10.9 Å². The summed E-state index contributed by atoms with van der Waals surface area (Å²) in [4.78, 5) is 0. The van der Waals surface area contributed by atoms with Gasteiger partial charge in [0, 0.05) is 25.4 Å². The maximum Gasteiger partial charge on any atom is 0.0692 e. The molecule has 0 spiro atoms. The third-order valence-electron chi connectivity index (χ3n) is 2.40. The van der Waals surface area contributed by atoms with Crippen LogP contribution < -0.4 is 5.32 Å². The first-order chi connectivity index (χ1) is 6.95. The Kier molecular flexibility index (Phi) is 3.48. The second kappa shape index (κ2) is 5.07. The number of nitrogens with one attached hydrogen (secondary N) is 1. The maximum atomic E-state index is 5.27. The zero-order valence-corrected chi connectivity index (χ0v) is 8.22. The third kappa shape index (κ3) is 2.78. The van der Waals surface area contributed by atoms with Gasteiger partial charge < -0.3 is 10.1 Å². The molecule has 78 valence electrons. The fraction of sp³-hybridized carbons (Fsp3) is 0.778. The van der Waals surface area contributed by atoms with Crippen molar-refractivity contribution in [2.24, 2.45) is 0 Å². The van der Waals surface area contributed by atoms with Gasteiger partial charge >= 0.3 is 0 Å². The molecule has 5 heteroatoms. The second-order valence-electron chi connectivity index (χ2n) is 3.53. The lowest BCUT2D eigenvalue weighted by Crippen LogP contribution is -2.30. The molecule has 14 heavy (non-hydrogen) atoms. The van der Waals surface area contributed by atoms with Crippen molar-refractivity contribution >= 4 is 0 Å². The standard InChI is InChI=1S/C9H16N4O/c1(5-13-6-4-11-12-13)3-10-9-2-7-14-8-9/h4,6,9-10H,1-3,5,7-8H2. The molecule has 0 amide bonds. The molecule has 0 bridgehead atoms. The van der Waals surface area contributed by atoms with E-state index < -0.39 is 0 Å². The Morgan fingerprint density at radius 3 is 3.29 bits per heavy atom. The van der Waals surface area contributed by atoms with Crippen molar-refractivity contribution in [2.45, 2.75) is 25.4 Å². The van der Waals surface area contributed by atoms with Crippen molar-refractivity contribution in [1.82, 2.24) is 20.3 Å². The molecule has 0 radical (unpaired) electrons. The summed E-state index contributed by atoms with van der Waals surface area (Å²) in [5.41, 5.74) is 0. The van der Waals surface area contributed by atoms with Gasteiger partial charge in [0.05, 0.1) is 12.8 Å². The number of rotatable bonds is 5. The minimum Gasteiger partial charge on any atom is -0.380 e. The second-order valence-corrected chi connectivity index (χ2v) is 3.53. The zero-order chi connectivity index (χ0) is 9.64. The first-order valence-corrected chi connectivity index (χ1v) is 5.10. The van der Waals surface area contributed by atoms with E-state index in [0.717, 1.165) is 39.1 Å². The Hall–Kier alpha value is -0.940. The minimum atomic E-state index is 0.561. The summed E-state index contributed by atoms with van der Waals surface area (Å²) in [7, 11) is 0. The fourth-order valence-electron chi connectivity index (χ4n) is 1.59. The molecule has 1 saturated heterocycles. The highest BCUT2D eigenvalue weighted by molar-refractivity contribution is 4.71. The maximum absolute atomic E-state index is 5.27. The Morgan fingerprint density at radius 1 is 1.57 bits per heavy atom. The Bertz CT molecular complexity index is 243. The van der Waals surface area contributed by atoms with Crippen LogP contribution in [0.4, 0.5) is 0 Å². The minimum absolute atomic E-state index is 0.561. The Balaban J connectivity index is 1.55. The van der Waals surface area contributed by atoms with Crippen molar-refractivity contribution in [1.29, 1.82) is 0 Å². The van der Waals surface area contributed by atoms with Crippen LogP contribution in [0.25, 0.3) is 0 Å². The van der Waals surface area contributed by atoms with Crippen molar-refractivity contribution in [3.63, 3.8) is 0 Å². The zero-order valence-electron chi connectivity index (χ0n) is 8.22. The quantitative estimate of drug-likeness (QED) is 0.676. The van der Waals surface area contributed by atoms with Crippen LogP contribution in [-0.2, 0) is 11.3 Å². The van der Waals surface area contributed by atoms with Gasteiger partial charge in [0.15, 0.2) is 0 Å². The van der Waals surface area contributed by atoms with E-state index >= 15 is 0 Å². The van der Waals surface area contributed by atoms with Crippen LogP contribution in [0.5, 0.6) is 0 Å². The average molecular weight is 196 g/mol. The predicted molar refractivity (Wildman–Crippen MR) is 51.9 cm³/mol. The molecule has 1 N–H and O–H groups in total. The van der Waals surface area contributed by atoms with Gasteiger partial charge in [0.25, 0.3) is 0 Å². The first kappa shape index (κ1) is 9.61. The average Bonchev–Trinajstić information content (AvgIpc) is 2.86. The number of aromatic nitrogens is 3. The lowest BCUT2D eigenvalue weighted by atomic mass is 10.2. The lowest BCUT2D eigenvalue weighted by Gasteiger charge is -2.09. The van der Waals surface area contributed by atoms with Crippen molar-refractivity contribution in [2.75, 3.05) is 19.8 Å². The summed E-state index contributed by atoms with van der Waals surface area (Å²) in [6, 6.07) is 0.561. The normalized spacial score (nSPS) is 21.6. The fourth-order valence-corrected chi connectivity index (χ4v) is 1.59. The van der Waals surface area contributed by atoms with E-state index in [1.54, 1.807) is 6.20 Å². The molecule has 1 fully saturated rings. The van der Waals surface area contributed by atoms with Crippen LogP contribution in [0, 0.1) is 0 Å². The molecule has 1 aromatic heterocycles. The van der Waals surface area contributed by atoms with E-state index in [9.17, 15) is 0 Å². The molecule has 1 unspecified atom stereocenters.